The van der Waals surface area contributed by atoms with E-state index in [1.807, 2.05) is 0 Å². The first-order valence-electron chi connectivity index (χ1n) is 6.80. The SMILES string of the molecule is Nc1c(Cl)c(Cl)[nH+]c(C(=O)OCC(=O)NC[C@H]2CCCO2)c1Cl. The van der Waals surface area contributed by atoms with Crippen LogP contribution in [0.4, 0.5) is 5.69 Å². The van der Waals surface area contributed by atoms with Crippen LogP contribution in [0.5, 0.6) is 0 Å². The zero-order valence-corrected chi connectivity index (χ0v) is 14.2. The number of aromatic nitrogens is 1. The third-order valence-corrected chi connectivity index (χ3v) is 4.37. The van der Waals surface area contributed by atoms with Crippen LogP contribution in [0.15, 0.2) is 0 Å². The highest BCUT2D eigenvalue weighted by molar-refractivity contribution is 6.45. The number of H-pyrrole nitrogens is 1. The third-order valence-electron chi connectivity index (χ3n) is 3.21. The van der Waals surface area contributed by atoms with Gasteiger partial charge in [-0.3, -0.25) is 4.79 Å². The second-order valence-electron chi connectivity index (χ2n) is 4.87. The average molecular weight is 384 g/mol. The average Bonchev–Trinajstić information content (AvgIpc) is 3.05. The van der Waals surface area contributed by atoms with E-state index in [-0.39, 0.29) is 32.7 Å². The number of ether oxygens (including phenoxy) is 2. The number of carbonyl (C=O) groups is 2. The maximum atomic E-state index is 11.9. The number of hydrogen-bond donors (Lipinski definition) is 2. The minimum absolute atomic E-state index is 0.00234. The van der Waals surface area contributed by atoms with Gasteiger partial charge < -0.3 is 20.5 Å². The van der Waals surface area contributed by atoms with Crippen LogP contribution >= 0.6 is 34.8 Å². The van der Waals surface area contributed by atoms with E-state index in [4.69, 9.17) is 50.0 Å². The maximum absolute atomic E-state index is 11.9. The summed E-state index contributed by atoms with van der Waals surface area (Å²) in [4.78, 5) is 26.1. The van der Waals surface area contributed by atoms with Gasteiger partial charge in [-0.05, 0) is 24.4 Å². The zero-order chi connectivity index (χ0) is 17.0. The number of esters is 1. The topological polar surface area (TPSA) is 105 Å². The highest BCUT2D eigenvalue weighted by atomic mass is 35.5. The lowest BCUT2D eigenvalue weighted by atomic mass is 10.2. The zero-order valence-electron chi connectivity index (χ0n) is 12.0. The fourth-order valence-corrected chi connectivity index (χ4v) is 2.60. The van der Waals surface area contributed by atoms with Gasteiger partial charge in [0.25, 0.3) is 11.1 Å². The number of amides is 1. The molecule has 0 saturated carbocycles. The lowest BCUT2D eigenvalue weighted by molar-refractivity contribution is -0.380. The van der Waals surface area contributed by atoms with E-state index < -0.39 is 18.5 Å². The molecule has 2 rings (SSSR count). The summed E-state index contributed by atoms with van der Waals surface area (Å²) >= 11 is 17.5. The first kappa shape index (κ1) is 18.1. The van der Waals surface area contributed by atoms with E-state index in [2.05, 4.69) is 10.3 Å². The van der Waals surface area contributed by atoms with Crippen molar-refractivity contribution in [3.63, 3.8) is 0 Å². The van der Waals surface area contributed by atoms with E-state index in [0.29, 0.717) is 13.2 Å². The van der Waals surface area contributed by atoms with Crippen molar-refractivity contribution < 1.29 is 24.0 Å². The highest BCUT2D eigenvalue weighted by Crippen LogP contribution is 2.32. The first-order valence-corrected chi connectivity index (χ1v) is 7.94. The number of pyridine rings is 1. The molecule has 2 heterocycles. The molecule has 0 radical (unpaired) electrons. The van der Waals surface area contributed by atoms with Gasteiger partial charge in [-0.1, -0.05) is 23.2 Å². The number of carbonyl (C=O) groups excluding carboxylic acids is 2. The predicted octanol–water partition coefficient (Wildman–Crippen LogP) is 1.50. The fraction of sp³-hybridized carbons (Fsp3) is 0.462. The Kier molecular flexibility index (Phi) is 6.29. The third kappa shape index (κ3) is 4.60. The van der Waals surface area contributed by atoms with Crippen LogP contribution in [0.1, 0.15) is 23.3 Å². The summed E-state index contributed by atoms with van der Waals surface area (Å²) < 4.78 is 10.2. The largest absolute Gasteiger partial charge is 0.448 e. The van der Waals surface area contributed by atoms with Gasteiger partial charge in [0, 0.05) is 13.2 Å². The molecule has 1 aliphatic heterocycles. The molecule has 0 unspecified atom stereocenters. The summed E-state index contributed by atoms with van der Waals surface area (Å²) in [7, 11) is 0. The number of hydrogen-bond acceptors (Lipinski definition) is 5. The van der Waals surface area contributed by atoms with Crippen LogP contribution in [0, 0.1) is 0 Å². The van der Waals surface area contributed by atoms with Crippen molar-refractivity contribution in [2.75, 3.05) is 25.5 Å². The lowest BCUT2D eigenvalue weighted by Gasteiger charge is -2.10. The number of aromatic amines is 1. The van der Waals surface area contributed by atoms with Crippen molar-refractivity contribution >= 4 is 52.4 Å². The van der Waals surface area contributed by atoms with Gasteiger partial charge in [-0.2, -0.15) is 4.98 Å². The van der Waals surface area contributed by atoms with Gasteiger partial charge in [0.1, 0.15) is 10.0 Å². The van der Waals surface area contributed by atoms with Crippen LogP contribution in [0.2, 0.25) is 15.2 Å². The van der Waals surface area contributed by atoms with Gasteiger partial charge in [-0.15, -0.1) is 0 Å². The molecule has 1 fully saturated rings. The number of nitrogens with two attached hydrogens (primary N) is 1. The van der Waals surface area contributed by atoms with Crippen LogP contribution in [-0.4, -0.2) is 37.7 Å². The van der Waals surface area contributed by atoms with Crippen molar-refractivity contribution in [1.82, 2.24) is 5.32 Å². The molecule has 7 nitrogen and oxygen atoms in total. The van der Waals surface area contributed by atoms with E-state index in [9.17, 15) is 9.59 Å². The normalized spacial score (nSPS) is 17.1. The minimum Gasteiger partial charge on any atom is -0.448 e. The van der Waals surface area contributed by atoms with E-state index in [1.165, 1.54) is 0 Å². The molecule has 1 amide bonds. The molecular formula is C13H15Cl3N3O4+. The van der Waals surface area contributed by atoms with Crippen molar-refractivity contribution in [3.05, 3.63) is 20.9 Å². The van der Waals surface area contributed by atoms with Crippen LogP contribution in [0.3, 0.4) is 0 Å². The second-order valence-corrected chi connectivity index (χ2v) is 6.00. The quantitative estimate of drug-likeness (QED) is 0.592. The standard InChI is InChI=1S/C13H14Cl3N3O4/c14-8-10(17)9(15)12(16)19-11(8)13(21)23-5-7(20)18-4-6-2-1-3-22-6/h6H,1-5H2,(H2,17,19)(H,18,20)/p+1/t6-/m1/s1. The minimum atomic E-state index is -0.868. The molecule has 10 heteroatoms. The molecule has 0 aliphatic carbocycles. The number of anilines is 1. The highest BCUT2D eigenvalue weighted by Gasteiger charge is 2.28. The second kappa shape index (κ2) is 8.01. The summed E-state index contributed by atoms with van der Waals surface area (Å²) in [6.07, 6.45) is 1.88. The fourth-order valence-electron chi connectivity index (χ4n) is 2.00. The Morgan fingerprint density at radius 3 is 2.74 bits per heavy atom. The lowest BCUT2D eigenvalue weighted by Crippen LogP contribution is -2.35. The first-order chi connectivity index (χ1) is 10.9. The number of nitrogens with one attached hydrogen (secondary N) is 2. The van der Waals surface area contributed by atoms with Gasteiger partial charge >= 0.3 is 11.7 Å². The molecule has 1 aromatic rings. The summed E-state index contributed by atoms with van der Waals surface area (Å²) in [6, 6.07) is 0. The molecule has 0 bridgehead atoms. The van der Waals surface area contributed by atoms with Gasteiger partial charge in [0.2, 0.25) is 0 Å². The molecule has 1 aliphatic rings. The molecule has 0 spiro atoms. The number of halogens is 3. The summed E-state index contributed by atoms with van der Waals surface area (Å²) in [5.74, 6) is -1.31. The van der Waals surface area contributed by atoms with Crippen molar-refractivity contribution in [2.24, 2.45) is 0 Å². The number of rotatable bonds is 5. The van der Waals surface area contributed by atoms with E-state index in [0.717, 1.165) is 12.8 Å². The predicted molar refractivity (Wildman–Crippen MR) is 84.7 cm³/mol. The summed E-state index contributed by atoms with van der Waals surface area (Å²) in [5.41, 5.74) is 5.40. The monoisotopic (exact) mass is 382 g/mol. The van der Waals surface area contributed by atoms with Crippen LogP contribution in [-0.2, 0) is 14.3 Å². The van der Waals surface area contributed by atoms with Gasteiger partial charge in [0.15, 0.2) is 6.61 Å². The van der Waals surface area contributed by atoms with Crippen LogP contribution < -0.4 is 16.0 Å². The molecule has 126 valence electrons. The maximum Gasteiger partial charge on any atom is 0.405 e. The Bertz CT molecular complexity index is 621. The Labute approximate surface area is 147 Å². The number of nitrogen functional groups attached to an aromatic ring is 1. The summed E-state index contributed by atoms with van der Waals surface area (Å²) in [6.45, 7) is 0.613. The molecule has 1 aromatic heterocycles. The molecule has 0 aromatic carbocycles. The molecular weight excluding hydrogens is 369 g/mol. The van der Waals surface area contributed by atoms with E-state index in [1.54, 1.807) is 0 Å². The van der Waals surface area contributed by atoms with Gasteiger partial charge in [0.05, 0.1) is 11.8 Å². The van der Waals surface area contributed by atoms with Gasteiger partial charge in [-0.25, -0.2) is 4.79 Å². The Morgan fingerprint density at radius 2 is 2.09 bits per heavy atom. The van der Waals surface area contributed by atoms with Crippen molar-refractivity contribution in [2.45, 2.75) is 18.9 Å². The van der Waals surface area contributed by atoms with Crippen molar-refractivity contribution in [1.29, 1.82) is 0 Å². The molecule has 1 atom stereocenters. The summed E-state index contributed by atoms with van der Waals surface area (Å²) in [5, 5.41) is 2.45. The van der Waals surface area contributed by atoms with Crippen LogP contribution in [0.25, 0.3) is 0 Å². The Hall–Kier alpha value is -1.28. The van der Waals surface area contributed by atoms with Crippen molar-refractivity contribution in [3.8, 4) is 0 Å². The molecule has 23 heavy (non-hydrogen) atoms. The molecule has 4 N–H and O–H groups in total. The van der Waals surface area contributed by atoms with E-state index >= 15 is 0 Å². The Balaban J connectivity index is 1.88. The molecule has 1 saturated heterocycles. The Morgan fingerprint density at radius 1 is 1.35 bits per heavy atom. The smallest absolute Gasteiger partial charge is 0.405 e.